The molecule has 6 N–H and O–H groups in total. The predicted octanol–water partition coefficient (Wildman–Crippen LogP) is 8.72. The van der Waals surface area contributed by atoms with Crippen molar-refractivity contribution in [1.29, 1.82) is 0 Å². The van der Waals surface area contributed by atoms with E-state index in [1.165, 1.54) is 57.8 Å². The molecule has 1 saturated carbocycles. The quantitative estimate of drug-likeness (QED) is 0.0151. The van der Waals surface area contributed by atoms with E-state index in [0.717, 1.165) is 51.4 Å². The van der Waals surface area contributed by atoms with Crippen LogP contribution in [0.3, 0.4) is 0 Å². The van der Waals surface area contributed by atoms with Crippen LogP contribution in [0.2, 0.25) is 0 Å². The molecule has 0 aromatic heterocycles. The maximum Gasteiger partial charge on any atom is 0.472 e. The molecule has 6 unspecified atom stereocenters. The van der Waals surface area contributed by atoms with Crippen LogP contribution in [0.5, 0.6) is 0 Å². The lowest BCUT2D eigenvalue weighted by Gasteiger charge is -2.41. The monoisotopic (exact) mass is 883 g/mol. The van der Waals surface area contributed by atoms with Gasteiger partial charge in [-0.05, 0) is 83.5 Å². The fourth-order valence-corrected chi connectivity index (χ4v) is 7.28. The number of carbonyl (C=O) groups excluding carboxylic acids is 2. The maximum absolute atomic E-state index is 12.8. The Balaban J connectivity index is 2.54. The lowest BCUT2D eigenvalue weighted by atomic mass is 9.85. The summed E-state index contributed by atoms with van der Waals surface area (Å²) in [5, 5.41) is 50.1. The third kappa shape index (κ3) is 29.3. The Morgan fingerprint density at radius 2 is 0.902 bits per heavy atom. The first-order valence-electron chi connectivity index (χ1n) is 22.7. The van der Waals surface area contributed by atoms with E-state index in [2.05, 4.69) is 74.6 Å². The highest BCUT2D eigenvalue weighted by Crippen LogP contribution is 2.47. The van der Waals surface area contributed by atoms with Gasteiger partial charge in [0.1, 0.15) is 43.2 Å². The number of phosphoric ester groups is 1. The number of hydrogen-bond donors (Lipinski definition) is 6. The van der Waals surface area contributed by atoms with Crippen LogP contribution in [-0.4, -0.2) is 98.3 Å². The molecule has 0 radical (unpaired) electrons. The molecule has 350 valence electrons. The molecule has 1 rings (SSSR count). The van der Waals surface area contributed by atoms with Gasteiger partial charge in [-0.1, -0.05) is 132 Å². The van der Waals surface area contributed by atoms with Crippen molar-refractivity contribution in [2.75, 3.05) is 13.2 Å². The fraction of sp³-hybridized carbons (Fsp3) is 0.702. The number of allylic oxidation sites excluding steroid dienone is 12. The van der Waals surface area contributed by atoms with Gasteiger partial charge in [-0.3, -0.25) is 18.6 Å². The molecule has 0 spiro atoms. The largest absolute Gasteiger partial charge is 0.472 e. The third-order valence-corrected chi connectivity index (χ3v) is 11.0. The Kier molecular flexibility index (Phi) is 33.9. The van der Waals surface area contributed by atoms with Gasteiger partial charge in [0.05, 0.1) is 6.61 Å². The van der Waals surface area contributed by atoms with Crippen LogP contribution < -0.4 is 0 Å². The van der Waals surface area contributed by atoms with E-state index in [4.69, 9.17) is 18.5 Å². The standard InChI is InChI=1S/C47H79O13P/c1-3-5-7-9-11-13-15-17-19-20-22-23-25-27-29-31-33-35-40(48)57-37-39(38-58-61(55,56)60-47-45(53)43(51)42(50)44(52)46(47)54)59-41(49)36-34-32-30-28-26-24-21-18-16-14-12-10-8-6-4-2/h11,13,17-19,21-23,26-29,39,42-47,50-54H,3-10,12,14-16,20,24-25,30-38H2,1-2H3,(H,55,56)/b13-11+,19-17+,21-18+,23-22+,28-26+,29-27+/t39-,42?,43-,44?,45?,46?,47?/m0/s1. The van der Waals surface area contributed by atoms with Gasteiger partial charge >= 0.3 is 19.8 Å². The van der Waals surface area contributed by atoms with Gasteiger partial charge in [0.2, 0.25) is 0 Å². The Hall–Kier alpha value is -2.71. The number of ether oxygens (including phenoxy) is 2. The molecule has 61 heavy (non-hydrogen) atoms. The smallest absolute Gasteiger partial charge is 0.462 e. The number of carbonyl (C=O) groups is 2. The third-order valence-electron chi connectivity index (χ3n) is 10.0. The van der Waals surface area contributed by atoms with Crippen molar-refractivity contribution in [3.63, 3.8) is 0 Å². The second-order valence-electron chi connectivity index (χ2n) is 15.5. The van der Waals surface area contributed by atoms with Gasteiger partial charge in [0.25, 0.3) is 0 Å². The predicted molar refractivity (Wildman–Crippen MR) is 239 cm³/mol. The second kappa shape index (κ2) is 36.7. The minimum Gasteiger partial charge on any atom is -0.462 e. The summed E-state index contributed by atoms with van der Waals surface area (Å²) >= 11 is 0. The Bertz CT molecular complexity index is 1340. The van der Waals surface area contributed by atoms with Crippen molar-refractivity contribution < 1.29 is 63.1 Å². The fourth-order valence-electron chi connectivity index (χ4n) is 6.31. The van der Waals surface area contributed by atoms with Gasteiger partial charge in [0.15, 0.2) is 6.10 Å². The molecule has 14 heteroatoms. The Labute approximate surface area is 365 Å². The van der Waals surface area contributed by atoms with Crippen molar-refractivity contribution >= 4 is 19.8 Å². The summed E-state index contributed by atoms with van der Waals surface area (Å²) in [6.07, 6.45) is 32.5. The van der Waals surface area contributed by atoms with Crippen molar-refractivity contribution in [2.45, 2.75) is 198 Å². The van der Waals surface area contributed by atoms with Crippen molar-refractivity contribution in [1.82, 2.24) is 0 Å². The van der Waals surface area contributed by atoms with Crippen LogP contribution in [-0.2, 0) is 32.7 Å². The summed E-state index contributed by atoms with van der Waals surface area (Å²) in [7, 11) is -5.14. The Morgan fingerprint density at radius 1 is 0.508 bits per heavy atom. The normalized spacial score (nSPS) is 22.7. The summed E-state index contributed by atoms with van der Waals surface area (Å²) in [4.78, 5) is 35.6. The summed E-state index contributed by atoms with van der Waals surface area (Å²) in [5.41, 5.74) is 0. The first kappa shape index (κ1) is 56.3. The van der Waals surface area contributed by atoms with Crippen LogP contribution >= 0.6 is 7.82 Å². The van der Waals surface area contributed by atoms with E-state index in [1.807, 2.05) is 12.2 Å². The zero-order valence-corrected chi connectivity index (χ0v) is 37.8. The molecular weight excluding hydrogens is 803 g/mol. The number of unbranched alkanes of at least 4 members (excludes halogenated alkanes) is 12. The highest BCUT2D eigenvalue weighted by Gasteiger charge is 2.51. The second-order valence-corrected chi connectivity index (χ2v) is 16.9. The van der Waals surface area contributed by atoms with Gasteiger partial charge in [-0.2, -0.15) is 0 Å². The Morgan fingerprint density at radius 3 is 1.43 bits per heavy atom. The van der Waals surface area contributed by atoms with Gasteiger partial charge in [-0.15, -0.1) is 0 Å². The van der Waals surface area contributed by atoms with Crippen molar-refractivity contribution in [3.05, 3.63) is 72.9 Å². The van der Waals surface area contributed by atoms with E-state index in [-0.39, 0.29) is 12.8 Å². The summed E-state index contributed by atoms with van der Waals surface area (Å²) in [5.74, 6) is -1.21. The van der Waals surface area contributed by atoms with E-state index < -0.39 is 75.7 Å². The summed E-state index contributed by atoms with van der Waals surface area (Å²) in [6, 6.07) is 0. The lowest BCUT2D eigenvalue weighted by molar-refractivity contribution is -0.220. The highest BCUT2D eigenvalue weighted by molar-refractivity contribution is 7.47. The topological polar surface area (TPSA) is 210 Å². The molecule has 0 heterocycles. The molecule has 0 aromatic rings. The van der Waals surface area contributed by atoms with Crippen LogP contribution in [0.4, 0.5) is 0 Å². The maximum atomic E-state index is 12.8. The molecule has 0 aliphatic heterocycles. The molecule has 1 aliphatic carbocycles. The molecule has 0 amide bonds. The number of rotatable bonds is 36. The molecular formula is C47H79O13P. The van der Waals surface area contributed by atoms with Crippen molar-refractivity contribution in [2.24, 2.45) is 0 Å². The van der Waals surface area contributed by atoms with Crippen LogP contribution in [0.25, 0.3) is 0 Å². The molecule has 0 saturated heterocycles. The molecule has 13 nitrogen and oxygen atoms in total. The van der Waals surface area contributed by atoms with Crippen LogP contribution in [0.1, 0.15) is 155 Å². The highest BCUT2D eigenvalue weighted by atomic mass is 31.2. The summed E-state index contributed by atoms with van der Waals surface area (Å²) in [6.45, 7) is 3.17. The van der Waals surface area contributed by atoms with Crippen molar-refractivity contribution in [3.8, 4) is 0 Å². The number of aliphatic hydroxyl groups is 5. The van der Waals surface area contributed by atoms with E-state index in [0.29, 0.717) is 19.3 Å². The van der Waals surface area contributed by atoms with Crippen LogP contribution in [0.15, 0.2) is 72.9 Å². The molecule has 0 bridgehead atoms. The van der Waals surface area contributed by atoms with Gasteiger partial charge < -0.3 is 39.9 Å². The molecule has 0 aromatic carbocycles. The lowest BCUT2D eigenvalue weighted by Crippen LogP contribution is -2.64. The van der Waals surface area contributed by atoms with Crippen LogP contribution in [0, 0.1) is 0 Å². The van der Waals surface area contributed by atoms with Gasteiger partial charge in [-0.25, -0.2) is 4.57 Å². The van der Waals surface area contributed by atoms with E-state index >= 15 is 0 Å². The number of aliphatic hydroxyl groups excluding tert-OH is 5. The summed E-state index contributed by atoms with van der Waals surface area (Å²) < 4.78 is 33.4. The first-order valence-corrected chi connectivity index (χ1v) is 24.2. The van der Waals surface area contributed by atoms with Gasteiger partial charge in [0, 0.05) is 12.8 Å². The SMILES string of the molecule is CCCCC/C=C/C/C=C/C/C=C/C/C=C/CCCC(=O)OC[C@@H](COP(=O)(O)OC1C(O)C(O)C(O)[C@H](O)C1O)OC(=O)CCCC/C=C/C/C=C/CCCCCCCC. The minimum atomic E-state index is -5.14. The zero-order chi connectivity index (χ0) is 45.0. The zero-order valence-electron chi connectivity index (χ0n) is 36.9. The van der Waals surface area contributed by atoms with E-state index in [9.17, 15) is 44.6 Å². The number of esters is 2. The minimum absolute atomic E-state index is 0.0391. The van der Waals surface area contributed by atoms with E-state index in [1.54, 1.807) is 0 Å². The molecule has 8 atom stereocenters. The molecule has 1 aliphatic rings. The number of hydrogen-bond acceptors (Lipinski definition) is 12. The average molecular weight is 883 g/mol. The average Bonchev–Trinajstić information content (AvgIpc) is 3.24. The molecule has 1 fully saturated rings. The number of phosphoric acid groups is 1. The first-order chi connectivity index (χ1) is 29.4.